The van der Waals surface area contributed by atoms with Crippen molar-refractivity contribution in [3.05, 3.63) is 15.6 Å². The van der Waals surface area contributed by atoms with Gasteiger partial charge in [0.1, 0.15) is 4.88 Å². The highest BCUT2D eigenvalue weighted by Crippen LogP contribution is 2.17. The Morgan fingerprint density at radius 3 is 2.29 bits per heavy atom. The highest BCUT2D eigenvalue weighted by Gasteiger charge is 2.19. The highest BCUT2D eigenvalue weighted by atomic mass is 32.1. The lowest BCUT2D eigenvalue weighted by molar-refractivity contribution is 0.0923. The van der Waals surface area contributed by atoms with E-state index in [1.807, 2.05) is 34.6 Å². The lowest BCUT2D eigenvalue weighted by Crippen LogP contribution is -2.40. The average molecular weight is 212 g/mol. The van der Waals surface area contributed by atoms with Crippen molar-refractivity contribution < 1.29 is 4.79 Å². The highest BCUT2D eigenvalue weighted by molar-refractivity contribution is 7.13. The first-order chi connectivity index (χ1) is 6.29. The first kappa shape index (κ1) is 11.2. The quantitative estimate of drug-likeness (QED) is 0.776. The van der Waals surface area contributed by atoms with E-state index in [-0.39, 0.29) is 11.4 Å². The van der Waals surface area contributed by atoms with Gasteiger partial charge in [0, 0.05) is 5.54 Å². The van der Waals surface area contributed by atoms with E-state index in [1.165, 1.54) is 11.3 Å². The van der Waals surface area contributed by atoms with Gasteiger partial charge in [0.05, 0.1) is 10.7 Å². The third-order valence-electron chi connectivity index (χ3n) is 1.60. The molecule has 1 rings (SSSR count). The van der Waals surface area contributed by atoms with Gasteiger partial charge in [0.25, 0.3) is 5.91 Å². The van der Waals surface area contributed by atoms with Gasteiger partial charge in [-0.3, -0.25) is 4.79 Å². The number of hydrogen-bond donors (Lipinski definition) is 1. The SMILES string of the molecule is Cc1nc(C)c(C(=O)NC(C)(C)C)s1. The van der Waals surface area contributed by atoms with Gasteiger partial charge in [-0.15, -0.1) is 11.3 Å². The van der Waals surface area contributed by atoms with Crippen molar-refractivity contribution in [2.75, 3.05) is 0 Å². The van der Waals surface area contributed by atoms with Crippen LogP contribution in [0.3, 0.4) is 0 Å². The first-order valence-electron chi connectivity index (χ1n) is 4.56. The Morgan fingerprint density at radius 2 is 1.93 bits per heavy atom. The zero-order valence-electron chi connectivity index (χ0n) is 9.26. The molecule has 0 aliphatic heterocycles. The number of nitrogens with one attached hydrogen (secondary N) is 1. The molecule has 4 heteroatoms. The third kappa shape index (κ3) is 2.80. The van der Waals surface area contributed by atoms with E-state index < -0.39 is 0 Å². The third-order valence-corrected chi connectivity index (χ3v) is 2.67. The van der Waals surface area contributed by atoms with Gasteiger partial charge in [0.15, 0.2) is 0 Å². The van der Waals surface area contributed by atoms with Crippen LogP contribution >= 0.6 is 11.3 Å². The predicted octanol–water partition coefficient (Wildman–Crippen LogP) is 2.29. The Kier molecular flexibility index (Phi) is 2.95. The molecule has 78 valence electrons. The van der Waals surface area contributed by atoms with Crippen LogP contribution in [0.15, 0.2) is 0 Å². The molecule has 0 atom stereocenters. The molecule has 0 saturated carbocycles. The lowest BCUT2D eigenvalue weighted by atomic mass is 10.1. The van der Waals surface area contributed by atoms with E-state index in [2.05, 4.69) is 10.3 Å². The lowest BCUT2D eigenvalue weighted by Gasteiger charge is -2.19. The molecular weight excluding hydrogens is 196 g/mol. The molecule has 1 amide bonds. The second-order valence-electron chi connectivity index (χ2n) is 4.35. The Morgan fingerprint density at radius 1 is 1.36 bits per heavy atom. The van der Waals surface area contributed by atoms with Crippen molar-refractivity contribution >= 4 is 17.2 Å². The van der Waals surface area contributed by atoms with Crippen molar-refractivity contribution in [2.24, 2.45) is 0 Å². The minimum Gasteiger partial charge on any atom is -0.347 e. The number of rotatable bonds is 1. The monoisotopic (exact) mass is 212 g/mol. The van der Waals surface area contributed by atoms with Crippen LogP contribution in [0, 0.1) is 13.8 Å². The fourth-order valence-corrected chi connectivity index (χ4v) is 1.95. The van der Waals surface area contributed by atoms with Crippen LogP contribution in [0.25, 0.3) is 0 Å². The molecular formula is C10H16N2OS. The smallest absolute Gasteiger partial charge is 0.263 e. The van der Waals surface area contributed by atoms with Crippen LogP contribution in [-0.4, -0.2) is 16.4 Å². The first-order valence-corrected chi connectivity index (χ1v) is 5.38. The summed E-state index contributed by atoms with van der Waals surface area (Å²) in [4.78, 5) is 16.7. The molecule has 0 aliphatic rings. The zero-order chi connectivity index (χ0) is 10.9. The molecule has 3 nitrogen and oxygen atoms in total. The maximum atomic E-state index is 11.8. The molecule has 0 bridgehead atoms. The summed E-state index contributed by atoms with van der Waals surface area (Å²) in [6, 6.07) is 0. The molecule has 0 saturated heterocycles. The summed E-state index contributed by atoms with van der Waals surface area (Å²) in [6.45, 7) is 9.67. The summed E-state index contributed by atoms with van der Waals surface area (Å²) in [5, 5.41) is 3.85. The second-order valence-corrected chi connectivity index (χ2v) is 5.55. The number of carbonyl (C=O) groups excluding carboxylic acids is 1. The number of carbonyl (C=O) groups is 1. The molecule has 0 spiro atoms. The number of aromatic nitrogens is 1. The van der Waals surface area contributed by atoms with Crippen LogP contribution in [0.2, 0.25) is 0 Å². The predicted molar refractivity (Wildman–Crippen MR) is 58.8 cm³/mol. The van der Waals surface area contributed by atoms with Gasteiger partial charge in [-0.2, -0.15) is 0 Å². The molecule has 0 radical (unpaired) electrons. The number of nitrogens with zero attached hydrogens (tertiary/aromatic N) is 1. The second kappa shape index (κ2) is 3.69. The Labute approximate surface area is 88.6 Å². The summed E-state index contributed by atoms with van der Waals surface area (Å²) in [6.07, 6.45) is 0. The van der Waals surface area contributed by atoms with Gasteiger partial charge in [-0.05, 0) is 34.6 Å². The zero-order valence-corrected chi connectivity index (χ0v) is 10.1. The van der Waals surface area contributed by atoms with Crippen molar-refractivity contribution in [1.29, 1.82) is 0 Å². The molecule has 1 aromatic rings. The molecule has 0 fully saturated rings. The molecule has 14 heavy (non-hydrogen) atoms. The largest absolute Gasteiger partial charge is 0.347 e. The van der Waals surface area contributed by atoms with Crippen LogP contribution in [-0.2, 0) is 0 Å². The molecule has 1 N–H and O–H groups in total. The summed E-state index contributed by atoms with van der Waals surface area (Å²) in [5.41, 5.74) is 0.621. The maximum absolute atomic E-state index is 11.8. The molecule has 0 aromatic carbocycles. The number of aryl methyl sites for hydroxylation is 2. The van der Waals surface area contributed by atoms with Crippen LogP contribution in [0.1, 0.15) is 41.1 Å². The minimum atomic E-state index is -0.193. The Balaban J connectivity index is 2.85. The normalized spacial score (nSPS) is 11.5. The summed E-state index contributed by atoms with van der Waals surface area (Å²) in [5.74, 6) is -0.0272. The minimum absolute atomic E-state index is 0.0272. The van der Waals surface area contributed by atoms with E-state index in [0.29, 0.717) is 0 Å². The molecule has 1 aromatic heterocycles. The van der Waals surface area contributed by atoms with Crippen LogP contribution < -0.4 is 5.32 Å². The van der Waals surface area contributed by atoms with Gasteiger partial charge >= 0.3 is 0 Å². The fraction of sp³-hybridized carbons (Fsp3) is 0.600. The van der Waals surface area contributed by atoms with Crippen molar-refractivity contribution in [1.82, 2.24) is 10.3 Å². The Hall–Kier alpha value is -0.900. The van der Waals surface area contributed by atoms with Crippen LogP contribution in [0.4, 0.5) is 0 Å². The van der Waals surface area contributed by atoms with Gasteiger partial charge in [0.2, 0.25) is 0 Å². The fourth-order valence-electron chi connectivity index (χ4n) is 1.14. The summed E-state index contributed by atoms with van der Waals surface area (Å²) >= 11 is 1.44. The van der Waals surface area contributed by atoms with Crippen molar-refractivity contribution in [3.63, 3.8) is 0 Å². The van der Waals surface area contributed by atoms with Crippen LogP contribution in [0.5, 0.6) is 0 Å². The summed E-state index contributed by atoms with van der Waals surface area (Å²) in [7, 11) is 0. The van der Waals surface area contributed by atoms with Gasteiger partial charge in [-0.25, -0.2) is 4.98 Å². The number of amides is 1. The van der Waals surface area contributed by atoms with E-state index in [1.54, 1.807) is 0 Å². The molecule has 0 unspecified atom stereocenters. The van der Waals surface area contributed by atoms with Crippen molar-refractivity contribution in [3.8, 4) is 0 Å². The molecule has 0 aliphatic carbocycles. The van der Waals surface area contributed by atoms with Gasteiger partial charge in [-0.1, -0.05) is 0 Å². The maximum Gasteiger partial charge on any atom is 0.263 e. The van der Waals surface area contributed by atoms with E-state index in [0.717, 1.165) is 15.6 Å². The average Bonchev–Trinajstić information content (AvgIpc) is 2.26. The van der Waals surface area contributed by atoms with Gasteiger partial charge < -0.3 is 5.32 Å². The van der Waals surface area contributed by atoms with Crippen molar-refractivity contribution in [2.45, 2.75) is 40.2 Å². The topological polar surface area (TPSA) is 42.0 Å². The van der Waals surface area contributed by atoms with E-state index >= 15 is 0 Å². The standard InChI is InChI=1S/C10H16N2OS/c1-6-8(14-7(2)11-6)9(13)12-10(3,4)5/h1-5H3,(H,12,13). The van der Waals surface area contributed by atoms with E-state index in [9.17, 15) is 4.79 Å². The number of thiazole rings is 1. The number of hydrogen-bond acceptors (Lipinski definition) is 3. The van der Waals surface area contributed by atoms with E-state index in [4.69, 9.17) is 0 Å². The summed E-state index contributed by atoms with van der Waals surface area (Å²) < 4.78 is 0. The Bertz CT molecular complexity index is 349. The molecule has 1 heterocycles.